The number of hydrogen-bond acceptors (Lipinski definition) is 0. The molecule has 0 amide bonds. The number of halogens is 3. The van der Waals surface area contributed by atoms with E-state index in [-0.39, 0.29) is 18.3 Å². The van der Waals surface area contributed by atoms with Crippen LogP contribution in [0.4, 0.5) is 13.2 Å². The average molecular weight is 324 g/mol. The quantitative estimate of drug-likeness (QED) is 0.614. The third kappa shape index (κ3) is 2.56. The molecule has 0 heterocycles. The Hall–Kier alpha value is 0.650. The summed E-state index contributed by atoms with van der Waals surface area (Å²) in [4.78, 5) is 0. The van der Waals surface area contributed by atoms with Gasteiger partial charge in [0.25, 0.3) is 0 Å². The molecule has 3 aliphatic carbocycles. The molecule has 8 unspecified atom stereocenters. The van der Waals surface area contributed by atoms with Gasteiger partial charge in [-0.2, -0.15) is 0 Å². The molecule has 0 aromatic carbocycles. The van der Waals surface area contributed by atoms with E-state index in [1.165, 1.54) is 0 Å². The summed E-state index contributed by atoms with van der Waals surface area (Å²) in [5.74, 6) is -0.443. The largest absolute Gasteiger partial charge is 0.244 e. The Kier molecular flexibility index (Phi) is 4.42. The zero-order valence-corrected chi connectivity index (χ0v) is 14.1. The first-order chi connectivity index (χ1) is 9.41. The van der Waals surface area contributed by atoms with Gasteiger partial charge in [-0.15, -0.1) is 9.24 Å². The highest BCUT2D eigenvalue weighted by Crippen LogP contribution is 2.61. The van der Waals surface area contributed by atoms with Gasteiger partial charge in [-0.25, -0.2) is 13.2 Å². The summed E-state index contributed by atoms with van der Waals surface area (Å²) in [6.45, 7) is 0. The first kappa shape index (κ1) is 15.5. The second kappa shape index (κ2) is 5.69. The Balaban J connectivity index is 1.77. The topological polar surface area (TPSA) is 0 Å². The molecule has 0 N–H and O–H groups in total. The summed E-state index contributed by atoms with van der Waals surface area (Å²) in [6, 6.07) is 0. The van der Waals surface area contributed by atoms with Gasteiger partial charge >= 0.3 is 0 Å². The summed E-state index contributed by atoms with van der Waals surface area (Å²) < 4.78 is 43.1. The zero-order valence-electron chi connectivity index (χ0n) is 11.8. The van der Waals surface area contributed by atoms with Crippen LogP contribution in [0.3, 0.4) is 0 Å². The summed E-state index contributed by atoms with van der Waals surface area (Å²) in [6.07, 6.45) is 2.91. The third-order valence-corrected chi connectivity index (χ3v) is 7.51. The number of hydrogen-bond donors (Lipinski definition) is 0. The maximum Gasteiger partial charge on any atom is 0.138 e. The smallest absolute Gasteiger partial charge is 0.138 e. The van der Waals surface area contributed by atoms with Crippen LogP contribution in [0.15, 0.2) is 0 Å². The minimum atomic E-state index is -1.61. The van der Waals surface area contributed by atoms with E-state index in [2.05, 4.69) is 18.5 Å². The minimum Gasteiger partial charge on any atom is -0.244 e. The van der Waals surface area contributed by atoms with Crippen molar-refractivity contribution >= 4 is 18.5 Å². The van der Waals surface area contributed by atoms with Gasteiger partial charge in [0, 0.05) is 5.92 Å². The summed E-state index contributed by atoms with van der Waals surface area (Å²) >= 11 is 0. The van der Waals surface area contributed by atoms with E-state index < -0.39 is 23.7 Å². The molecule has 116 valence electrons. The van der Waals surface area contributed by atoms with Gasteiger partial charge in [0.05, 0.1) is 0 Å². The van der Waals surface area contributed by atoms with Crippen molar-refractivity contribution < 1.29 is 13.2 Å². The molecule has 8 atom stereocenters. The summed E-state index contributed by atoms with van der Waals surface area (Å²) in [5.41, 5.74) is 0.651. The molecule has 5 heteroatoms. The molecular weight excluding hydrogens is 299 g/mol. The lowest BCUT2D eigenvalue weighted by molar-refractivity contribution is -0.00829. The van der Waals surface area contributed by atoms with Gasteiger partial charge < -0.3 is 0 Å². The predicted octanol–water partition coefficient (Wildman–Crippen LogP) is 4.68. The van der Waals surface area contributed by atoms with Crippen LogP contribution >= 0.6 is 18.5 Å². The first-order valence-corrected chi connectivity index (χ1v) is 9.17. The lowest BCUT2D eigenvalue weighted by Gasteiger charge is -2.39. The molecule has 3 rings (SSSR count). The third-order valence-electron chi connectivity index (χ3n) is 6.03. The second-order valence-corrected chi connectivity index (χ2v) is 9.00. The van der Waals surface area contributed by atoms with Gasteiger partial charge in [-0.05, 0) is 68.4 Å². The minimum absolute atomic E-state index is 0.0400. The van der Waals surface area contributed by atoms with E-state index in [9.17, 15) is 8.78 Å². The van der Waals surface area contributed by atoms with Crippen molar-refractivity contribution in [1.29, 1.82) is 0 Å². The van der Waals surface area contributed by atoms with E-state index in [1.54, 1.807) is 0 Å². The van der Waals surface area contributed by atoms with Crippen LogP contribution in [0, 0.1) is 23.7 Å². The maximum absolute atomic E-state index is 15.3. The van der Waals surface area contributed by atoms with E-state index in [0.29, 0.717) is 18.0 Å². The number of rotatable bonds is 1. The highest BCUT2D eigenvalue weighted by atomic mass is 31.0. The van der Waals surface area contributed by atoms with Crippen LogP contribution in [0.1, 0.15) is 44.9 Å². The van der Waals surface area contributed by atoms with E-state index in [1.807, 2.05) is 0 Å². The second-order valence-electron chi connectivity index (χ2n) is 7.17. The Morgan fingerprint density at radius 1 is 0.900 bits per heavy atom. The van der Waals surface area contributed by atoms with Gasteiger partial charge in [-0.1, -0.05) is 9.24 Å². The molecule has 3 aliphatic rings. The standard InChI is InChI=1S/C15H25F3P2/c16-12-6-3-9-7-11(8-1-4-10(19)5-2-8)15(18,20)13(9)14(12)17/h8-14H,1-7,19-20H2. The van der Waals surface area contributed by atoms with E-state index >= 15 is 4.39 Å². The Bertz CT molecular complexity index is 355. The van der Waals surface area contributed by atoms with Crippen molar-refractivity contribution in [2.45, 2.75) is 68.4 Å². The predicted molar refractivity (Wildman–Crippen MR) is 83.1 cm³/mol. The van der Waals surface area contributed by atoms with Crippen LogP contribution in [-0.4, -0.2) is 23.4 Å². The molecule has 0 bridgehead atoms. The molecule has 0 saturated heterocycles. The molecule has 3 fully saturated rings. The fourth-order valence-electron chi connectivity index (χ4n) is 4.92. The lowest BCUT2D eigenvalue weighted by atomic mass is 9.77. The molecule has 20 heavy (non-hydrogen) atoms. The van der Waals surface area contributed by atoms with Gasteiger partial charge in [0.1, 0.15) is 17.8 Å². The SMILES string of the molecule is FC1CCC2CC(C3CCC(P)CC3)C(F)(P)C2C1F. The average Bonchev–Trinajstić information content (AvgIpc) is 2.67. The summed E-state index contributed by atoms with van der Waals surface area (Å²) in [7, 11) is 5.14. The summed E-state index contributed by atoms with van der Waals surface area (Å²) in [5, 5.41) is -1.60. The van der Waals surface area contributed by atoms with Crippen molar-refractivity contribution in [2.75, 3.05) is 0 Å². The van der Waals surface area contributed by atoms with Crippen molar-refractivity contribution in [3.63, 3.8) is 0 Å². The van der Waals surface area contributed by atoms with Crippen molar-refractivity contribution in [3.05, 3.63) is 0 Å². The van der Waals surface area contributed by atoms with Crippen LogP contribution < -0.4 is 0 Å². The van der Waals surface area contributed by atoms with Crippen LogP contribution in [0.2, 0.25) is 0 Å². The fourth-order valence-corrected chi connectivity index (χ4v) is 6.17. The van der Waals surface area contributed by atoms with Gasteiger partial charge in [-0.3, -0.25) is 0 Å². The van der Waals surface area contributed by atoms with Crippen molar-refractivity contribution in [2.24, 2.45) is 23.7 Å². The fraction of sp³-hybridized carbons (Fsp3) is 1.00. The van der Waals surface area contributed by atoms with Crippen LogP contribution in [0.25, 0.3) is 0 Å². The number of alkyl halides is 3. The van der Waals surface area contributed by atoms with Crippen LogP contribution in [0.5, 0.6) is 0 Å². The molecule has 0 aliphatic heterocycles. The molecule has 0 aromatic heterocycles. The Labute approximate surface area is 124 Å². The molecular formula is C15H25F3P2. The Morgan fingerprint density at radius 2 is 1.50 bits per heavy atom. The Morgan fingerprint density at radius 3 is 2.15 bits per heavy atom. The van der Waals surface area contributed by atoms with E-state index in [4.69, 9.17) is 0 Å². The van der Waals surface area contributed by atoms with Gasteiger partial charge in [0.15, 0.2) is 0 Å². The highest BCUT2D eigenvalue weighted by Gasteiger charge is 2.60. The highest BCUT2D eigenvalue weighted by molar-refractivity contribution is 7.18. The first-order valence-electron chi connectivity index (χ1n) is 7.92. The van der Waals surface area contributed by atoms with E-state index in [0.717, 1.165) is 32.1 Å². The van der Waals surface area contributed by atoms with Crippen LogP contribution in [-0.2, 0) is 0 Å². The molecule has 0 spiro atoms. The zero-order chi connectivity index (χ0) is 14.5. The maximum atomic E-state index is 15.3. The van der Waals surface area contributed by atoms with Crippen molar-refractivity contribution in [3.8, 4) is 0 Å². The molecule has 0 aromatic rings. The lowest BCUT2D eigenvalue weighted by Crippen LogP contribution is -2.44. The normalized spacial score (nSPS) is 56.5. The molecule has 3 saturated carbocycles. The molecule has 0 radical (unpaired) electrons. The van der Waals surface area contributed by atoms with Crippen molar-refractivity contribution in [1.82, 2.24) is 0 Å². The number of fused-ring (bicyclic) bond motifs is 1. The van der Waals surface area contributed by atoms with Gasteiger partial charge in [0.2, 0.25) is 0 Å². The molecule has 0 nitrogen and oxygen atoms in total. The monoisotopic (exact) mass is 324 g/mol.